The summed E-state index contributed by atoms with van der Waals surface area (Å²) < 4.78 is 39.0. The van der Waals surface area contributed by atoms with E-state index in [9.17, 15) is 17.6 Å². The smallest absolute Gasteiger partial charge is 0.238 e. The number of hydrogen-bond donors (Lipinski definition) is 0. The average Bonchev–Trinajstić information content (AvgIpc) is 3.48. The van der Waals surface area contributed by atoms with Crippen LogP contribution in [0.15, 0.2) is 35.6 Å². The van der Waals surface area contributed by atoms with E-state index in [1.165, 1.54) is 6.07 Å². The molecule has 1 spiro atoms. The fourth-order valence-electron chi connectivity index (χ4n) is 5.54. The van der Waals surface area contributed by atoms with Gasteiger partial charge in [-0.2, -0.15) is 0 Å². The standard InChI is InChI=1S/C25H27ClFN3O3S/c1-3-18(16-5-9-34(32,33)14-16)22(29-21-11-17(26)10-20(27)15(21)2)13-30-23-12-28-8-4-19(23)25(6-7-25)24(30)31/h4,8,10-12,16,18H,3,5-7,9,13-14H2,1-2H3. The molecule has 2 unspecified atom stereocenters. The van der Waals surface area contributed by atoms with Gasteiger partial charge in [0.15, 0.2) is 9.84 Å². The predicted molar refractivity (Wildman–Crippen MR) is 131 cm³/mol. The van der Waals surface area contributed by atoms with Gasteiger partial charge in [0.1, 0.15) is 5.82 Å². The summed E-state index contributed by atoms with van der Waals surface area (Å²) in [4.78, 5) is 24.4. The van der Waals surface area contributed by atoms with Gasteiger partial charge >= 0.3 is 0 Å². The lowest BCUT2D eigenvalue weighted by Gasteiger charge is -2.27. The third-order valence-electron chi connectivity index (χ3n) is 7.58. The molecule has 1 aromatic carbocycles. The van der Waals surface area contributed by atoms with Gasteiger partial charge in [-0.05, 0) is 62.3 Å². The lowest BCUT2D eigenvalue weighted by atomic mass is 9.85. The first-order valence-corrected chi connectivity index (χ1v) is 13.8. The number of halogens is 2. The van der Waals surface area contributed by atoms with E-state index in [1.807, 2.05) is 13.0 Å². The highest BCUT2D eigenvalue weighted by Gasteiger charge is 2.59. The number of aliphatic imine (C=N–C) groups is 1. The second kappa shape index (κ2) is 8.41. The summed E-state index contributed by atoms with van der Waals surface area (Å²) in [5.41, 5.74) is 2.74. The second-order valence-corrected chi connectivity index (χ2v) is 12.3. The number of rotatable bonds is 6. The van der Waals surface area contributed by atoms with Crippen molar-refractivity contribution in [3.05, 3.63) is 52.6 Å². The van der Waals surface area contributed by atoms with E-state index < -0.39 is 21.1 Å². The first-order chi connectivity index (χ1) is 16.1. The molecule has 5 rings (SSSR count). The molecule has 2 fully saturated rings. The average molecular weight is 504 g/mol. The Hall–Kier alpha value is -2.32. The number of pyridine rings is 1. The van der Waals surface area contributed by atoms with Crippen LogP contribution >= 0.6 is 11.6 Å². The minimum absolute atomic E-state index is 0.0334. The predicted octanol–water partition coefficient (Wildman–Crippen LogP) is 4.79. The summed E-state index contributed by atoms with van der Waals surface area (Å²) in [6.45, 7) is 3.85. The highest BCUT2D eigenvalue weighted by atomic mass is 35.5. The van der Waals surface area contributed by atoms with Gasteiger partial charge in [-0.1, -0.05) is 18.5 Å². The van der Waals surface area contributed by atoms with E-state index in [1.54, 1.807) is 30.3 Å². The third kappa shape index (κ3) is 3.94. The molecular weight excluding hydrogens is 477 g/mol. The summed E-state index contributed by atoms with van der Waals surface area (Å²) in [5.74, 6) is -0.424. The summed E-state index contributed by atoms with van der Waals surface area (Å²) in [6, 6.07) is 4.77. The first-order valence-electron chi connectivity index (χ1n) is 11.6. The molecule has 0 radical (unpaired) electrons. The number of carbonyl (C=O) groups excluding carboxylic acids is 1. The highest BCUT2D eigenvalue weighted by molar-refractivity contribution is 7.91. The number of benzene rings is 1. The van der Waals surface area contributed by atoms with Crippen molar-refractivity contribution in [1.82, 2.24) is 4.98 Å². The van der Waals surface area contributed by atoms with E-state index in [0.29, 0.717) is 29.8 Å². The Balaban J connectivity index is 1.59. The molecule has 6 nitrogen and oxygen atoms in total. The van der Waals surface area contributed by atoms with E-state index >= 15 is 0 Å². The summed E-state index contributed by atoms with van der Waals surface area (Å²) in [7, 11) is -3.10. The van der Waals surface area contributed by atoms with Crippen LogP contribution in [-0.2, 0) is 20.0 Å². The monoisotopic (exact) mass is 503 g/mol. The molecule has 0 bridgehead atoms. The Morgan fingerprint density at radius 3 is 2.79 bits per heavy atom. The zero-order chi connectivity index (χ0) is 24.3. The van der Waals surface area contributed by atoms with Gasteiger partial charge in [0.05, 0.1) is 41.0 Å². The molecule has 9 heteroatoms. The lowest BCUT2D eigenvalue weighted by molar-refractivity contribution is -0.120. The van der Waals surface area contributed by atoms with Crippen LogP contribution in [0.3, 0.4) is 0 Å². The van der Waals surface area contributed by atoms with Crippen molar-refractivity contribution in [1.29, 1.82) is 0 Å². The molecule has 1 aromatic heterocycles. The van der Waals surface area contributed by atoms with Gasteiger partial charge in [-0.15, -0.1) is 0 Å². The fraction of sp³-hybridized carbons (Fsp3) is 0.480. The molecule has 34 heavy (non-hydrogen) atoms. The van der Waals surface area contributed by atoms with Gasteiger partial charge < -0.3 is 4.90 Å². The van der Waals surface area contributed by atoms with Gasteiger partial charge in [-0.3, -0.25) is 14.8 Å². The van der Waals surface area contributed by atoms with Crippen LogP contribution < -0.4 is 4.90 Å². The summed E-state index contributed by atoms with van der Waals surface area (Å²) in [5, 5.41) is 0.237. The van der Waals surface area contributed by atoms with E-state index in [4.69, 9.17) is 16.6 Å². The van der Waals surface area contributed by atoms with E-state index in [-0.39, 0.29) is 40.8 Å². The quantitative estimate of drug-likeness (QED) is 0.531. The molecule has 2 atom stereocenters. The minimum atomic E-state index is -3.10. The zero-order valence-corrected chi connectivity index (χ0v) is 20.8. The van der Waals surface area contributed by atoms with Gasteiger partial charge in [-0.25, -0.2) is 12.8 Å². The van der Waals surface area contributed by atoms with E-state index in [0.717, 1.165) is 24.1 Å². The van der Waals surface area contributed by atoms with Crippen LogP contribution in [0.1, 0.15) is 43.7 Å². The van der Waals surface area contributed by atoms with Crippen LogP contribution in [0.25, 0.3) is 0 Å². The van der Waals surface area contributed by atoms with Crippen molar-refractivity contribution in [3.8, 4) is 0 Å². The Labute approximate surface area is 204 Å². The van der Waals surface area contributed by atoms with Crippen LogP contribution in [0.2, 0.25) is 5.02 Å². The molecule has 3 heterocycles. The Kier molecular flexibility index (Phi) is 5.80. The van der Waals surface area contributed by atoms with Gasteiger partial charge in [0, 0.05) is 28.4 Å². The molecule has 0 N–H and O–H groups in total. The molecule has 1 amide bonds. The van der Waals surface area contributed by atoms with Crippen LogP contribution in [-0.4, -0.2) is 43.1 Å². The Morgan fingerprint density at radius 2 is 2.15 bits per heavy atom. The third-order valence-corrected chi connectivity index (χ3v) is 9.59. The first kappa shape index (κ1) is 23.4. The van der Waals surface area contributed by atoms with E-state index in [2.05, 4.69) is 4.98 Å². The molecule has 1 saturated carbocycles. The van der Waals surface area contributed by atoms with Crippen molar-refractivity contribution < 1.29 is 17.6 Å². The summed E-state index contributed by atoms with van der Waals surface area (Å²) >= 11 is 6.13. The molecule has 3 aliphatic rings. The van der Waals surface area contributed by atoms with Crippen LogP contribution in [0.4, 0.5) is 15.8 Å². The Morgan fingerprint density at radius 1 is 1.38 bits per heavy atom. The number of hydrogen-bond acceptors (Lipinski definition) is 5. The van der Waals surface area contributed by atoms with Crippen molar-refractivity contribution in [2.75, 3.05) is 23.0 Å². The highest BCUT2D eigenvalue weighted by Crippen LogP contribution is 2.57. The fourth-order valence-corrected chi connectivity index (χ4v) is 7.62. The normalized spacial score (nSPS) is 23.4. The second-order valence-electron chi connectivity index (χ2n) is 9.68. The lowest BCUT2D eigenvalue weighted by Crippen LogP contribution is -2.40. The van der Waals surface area contributed by atoms with Crippen molar-refractivity contribution in [2.45, 2.75) is 44.9 Å². The maximum Gasteiger partial charge on any atom is 0.238 e. The topological polar surface area (TPSA) is 79.7 Å². The SMILES string of the molecule is CCC(C(CN1C(=O)C2(CC2)c2ccncc21)=Nc1cc(Cl)cc(F)c1C)C1CCS(=O)(=O)C1. The Bertz CT molecular complexity index is 1310. The number of anilines is 1. The molecule has 1 aliphatic carbocycles. The molecular formula is C25H27ClFN3O3S. The number of amides is 1. The number of fused-ring (bicyclic) bond motifs is 2. The molecule has 180 valence electrons. The number of nitrogens with zero attached hydrogens (tertiary/aromatic N) is 3. The molecule has 2 aliphatic heterocycles. The van der Waals surface area contributed by atoms with Crippen LogP contribution in [0.5, 0.6) is 0 Å². The van der Waals surface area contributed by atoms with Crippen molar-refractivity contribution in [2.24, 2.45) is 16.8 Å². The van der Waals surface area contributed by atoms with Crippen LogP contribution in [0, 0.1) is 24.6 Å². The maximum atomic E-state index is 14.4. The van der Waals surface area contributed by atoms with Crippen molar-refractivity contribution >= 4 is 44.4 Å². The number of aromatic nitrogens is 1. The number of carbonyl (C=O) groups is 1. The molecule has 1 saturated heterocycles. The van der Waals surface area contributed by atoms with Crippen molar-refractivity contribution in [3.63, 3.8) is 0 Å². The molecule has 2 aromatic rings. The van der Waals surface area contributed by atoms with Gasteiger partial charge in [0.2, 0.25) is 5.91 Å². The maximum absolute atomic E-state index is 14.4. The largest absolute Gasteiger partial charge is 0.304 e. The number of sulfone groups is 1. The summed E-state index contributed by atoms with van der Waals surface area (Å²) in [6.07, 6.45) is 6.25. The minimum Gasteiger partial charge on any atom is -0.304 e. The zero-order valence-electron chi connectivity index (χ0n) is 19.2. The van der Waals surface area contributed by atoms with Gasteiger partial charge in [0.25, 0.3) is 0 Å².